The molecule has 2 nitrogen and oxygen atoms in total. The minimum atomic E-state index is -0.378. The number of unbranched alkanes of at least 4 members (excludes halogenated alkanes) is 5. The third-order valence-corrected chi connectivity index (χ3v) is 3.85. The lowest BCUT2D eigenvalue weighted by Crippen LogP contribution is -2.22. The van der Waals surface area contributed by atoms with Crippen molar-refractivity contribution >= 4 is 0 Å². The van der Waals surface area contributed by atoms with E-state index in [0.29, 0.717) is 0 Å². The second-order valence-electron chi connectivity index (χ2n) is 5.31. The monoisotopic (exact) mass is 247 g/mol. The van der Waals surface area contributed by atoms with Gasteiger partial charge in [-0.15, -0.1) is 0 Å². The summed E-state index contributed by atoms with van der Waals surface area (Å²) in [6, 6.07) is 8.23. The van der Waals surface area contributed by atoms with E-state index in [1.165, 1.54) is 44.1 Å². The standard InChI is InChI=1S/C16H25NO/c1-2-3-4-5-6-9-12-17-13-14-10-7-8-11-15(14)16(17)18/h7-8,10-11,16,18H,2-6,9,12-13H2,1H3/t16-/m1/s1. The summed E-state index contributed by atoms with van der Waals surface area (Å²) in [7, 11) is 0. The molecule has 0 bridgehead atoms. The second kappa shape index (κ2) is 6.91. The Bertz CT molecular complexity index is 364. The van der Waals surface area contributed by atoms with Crippen molar-refractivity contribution in [2.75, 3.05) is 6.54 Å². The lowest BCUT2D eigenvalue weighted by Gasteiger charge is -2.20. The number of fused-ring (bicyclic) bond motifs is 1. The van der Waals surface area contributed by atoms with Gasteiger partial charge in [-0.2, -0.15) is 0 Å². The van der Waals surface area contributed by atoms with Crippen molar-refractivity contribution < 1.29 is 5.11 Å². The van der Waals surface area contributed by atoms with Crippen LogP contribution in [-0.2, 0) is 6.54 Å². The van der Waals surface area contributed by atoms with Gasteiger partial charge in [-0.3, -0.25) is 4.90 Å². The summed E-state index contributed by atoms with van der Waals surface area (Å²) in [5.74, 6) is 0. The minimum Gasteiger partial charge on any atom is -0.374 e. The van der Waals surface area contributed by atoms with E-state index >= 15 is 0 Å². The number of rotatable bonds is 7. The summed E-state index contributed by atoms with van der Waals surface area (Å²) in [5, 5.41) is 10.2. The Labute approximate surface area is 111 Å². The minimum absolute atomic E-state index is 0.378. The van der Waals surface area contributed by atoms with E-state index < -0.39 is 0 Å². The summed E-state index contributed by atoms with van der Waals surface area (Å²) < 4.78 is 0. The van der Waals surface area contributed by atoms with Crippen molar-refractivity contribution in [3.63, 3.8) is 0 Å². The first-order valence-corrected chi connectivity index (χ1v) is 7.33. The summed E-state index contributed by atoms with van der Waals surface area (Å²) >= 11 is 0. The molecule has 0 saturated heterocycles. The Balaban J connectivity index is 1.70. The SMILES string of the molecule is CCCCCCCCN1Cc2ccccc2[C@H]1O. The molecule has 0 aromatic heterocycles. The molecule has 0 amide bonds. The van der Waals surface area contributed by atoms with Gasteiger partial charge in [0.05, 0.1) is 0 Å². The van der Waals surface area contributed by atoms with Crippen LogP contribution >= 0.6 is 0 Å². The van der Waals surface area contributed by atoms with Crippen molar-refractivity contribution in [1.29, 1.82) is 0 Å². The van der Waals surface area contributed by atoms with Crippen LogP contribution in [0.5, 0.6) is 0 Å². The molecule has 2 heteroatoms. The molecule has 2 rings (SSSR count). The molecule has 1 heterocycles. The predicted octanol–water partition coefficient (Wildman–Crippen LogP) is 3.85. The largest absolute Gasteiger partial charge is 0.374 e. The highest BCUT2D eigenvalue weighted by Gasteiger charge is 2.26. The van der Waals surface area contributed by atoms with E-state index in [1.54, 1.807) is 0 Å². The highest BCUT2D eigenvalue weighted by molar-refractivity contribution is 5.32. The van der Waals surface area contributed by atoms with Crippen molar-refractivity contribution in [2.45, 2.75) is 58.2 Å². The van der Waals surface area contributed by atoms with Crippen LogP contribution in [0.2, 0.25) is 0 Å². The smallest absolute Gasteiger partial charge is 0.134 e. The first-order chi connectivity index (χ1) is 8.83. The second-order valence-corrected chi connectivity index (χ2v) is 5.31. The van der Waals surface area contributed by atoms with E-state index in [-0.39, 0.29) is 6.23 Å². The number of aliphatic hydroxyl groups is 1. The summed E-state index contributed by atoms with van der Waals surface area (Å²) in [6.07, 6.45) is 7.48. The molecule has 18 heavy (non-hydrogen) atoms. The molecule has 1 aromatic carbocycles. The Morgan fingerprint density at radius 2 is 1.83 bits per heavy atom. The molecular weight excluding hydrogens is 222 g/mol. The molecule has 0 aliphatic carbocycles. The van der Waals surface area contributed by atoms with E-state index in [1.807, 2.05) is 12.1 Å². The molecule has 1 aliphatic rings. The van der Waals surface area contributed by atoms with Crippen LogP contribution in [0.25, 0.3) is 0 Å². The molecule has 1 N–H and O–H groups in total. The Kier molecular flexibility index (Phi) is 5.21. The van der Waals surface area contributed by atoms with E-state index in [2.05, 4.69) is 24.0 Å². The van der Waals surface area contributed by atoms with Gasteiger partial charge in [0.1, 0.15) is 6.23 Å². The molecule has 0 radical (unpaired) electrons. The lowest BCUT2D eigenvalue weighted by molar-refractivity contribution is 0.0126. The first-order valence-electron chi connectivity index (χ1n) is 7.33. The van der Waals surface area contributed by atoms with Gasteiger partial charge in [0, 0.05) is 13.1 Å². The molecule has 0 saturated carbocycles. The summed E-state index contributed by atoms with van der Waals surface area (Å²) in [4.78, 5) is 2.19. The maximum absolute atomic E-state index is 10.2. The highest BCUT2D eigenvalue weighted by Crippen LogP contribution is 2.31. The Morgan fingerprint density at radius 1 is 1.11 bits per heavy atom. The van der Waals surface area contributed by atoms with E-state index in [0.717, 1.165) is 18.7 Å². The van der Waals surface area contributed by atoms with E-state index in [4.69, 9.17) is 0 Å². The third-order valence-electron chi connectivity index (χ3n) is 3.85. The van der Waals surface area contributed by atoms with Gasteiger partial charge in [-0.25, -0.2) is 0 Å². The van der Waals surface area contributed by atoms with Crippen LogP contribution in [0.15, 0.2) is 24.3 Å². The number of aliphatic hydroxyl groups excluding tert-OH is 1. The van der Waals surface area contributed by atoms with Gasteiger partial charge >= 0.3 is 0 Å². The zero-order chi connectivity index (χ0) is 12.8. The van der Waals surface area contributed by atoms with Crippen molar-refractivity contribution in [3.05, 3.63) is 35.4 Å². The maximum atomic E-state index is 10.2. The molecule has 0 fully saturated rings. The van der Waals surface area contributed by atoms with E-state index in [9.17, 15) is 5.11 Å². The van der Waals surface area contributed by atoms with Crippen LogP contribution in [0.1, 0.15) is 62.8 Å². The average Bonchev–Trinajstić information content (AvgIpc) is 2.71. The van der Waals surface area contributed by atoms with Crippen molar-refractivity contribution in [3.8, 4) is 0 Å². The summed E-state index contributed by atoms with van der Waals surface area (Å²) in [5.41, 5.74) is 2.39. The zero-order valence-corrected chi connectivity index (χ0v) is 11.4. The fourth-order valence-corrected chi connectivity index (χ4v) is 2.73. The molecule has 100 valence electrons. The molecule has 1 atom stereocenters. The number of hydrogen-bond donors (Lipinski definition) is 1. The van der Waals surface area contributed by atoms with Crippen molar-refractivity contribution in [1.82, 2.24) is 4.90 Å². The Hall–Kier alpha value is -0.860. The van der Waals surface area contributed by atoms with Crippen LogP contribution < -0.4 is 0 Å². The average molecular weight is 247 g/mol. The molecule has 1 aliphatic heterocycles. The zero-order valence-electron chi connectivity index (χ0n) is 11.4. The first kappa shape index (κ1) is 13.6. The van der Waals surface area contributed by atoms with Crippen LogP contribution in [-0.4, -0.2) is 16.6 Å². The van der Waals surface area contributed by atoms with Gasteiger partial charge in [0.15, 0.2) is 0 Å². The van der Waals surface area contributed by atoms with Crippen molar-refractivity contribution in [2.24, 2.45) is 0 Å². The lowest BCUT2D eigenvalue weighted by atomic mass is 10.1. The Morgan fingerprint density at radius 3 is 2.61 bits per heavy atom. The van der Waals surface area contributed by atoms with Gasteiger partial charge in [-0.1, -0.05) is 63.3 Å². The number of benzene rings is 1. The fourth-order valence-electron chi connectivity index (χ4n) is 2.73. The third kappa shape index (κ3) is 3.33. The maximum Gasteiger partial charge on any atom is 0.134 e. The summed E-state index contributed by atoms with van der Waals surface area (Å²) in [6.45, 7) is 4.17. The fraction of sp³-hybridized carbons (Fsp3) is 0.625. The van der Waals surface area contributed by atoms with Crippen LogP contribution in [0.3, 0.4) is 0 Å². The number of hydrogen-bond acceptors (Lipinski definition) is 2. The van der Waals surface area contributed by atoms with Crippen LogP contribution in [0, 0.1) is 0 Å². The normalized spacial score (nSPS) is 19.1. The topological polar surface area (TPSA) is 23.5 Å². The molecule has 0 spiro atoms. The highest BCUT2D eigenvalue weighted by atomic mass is 16.3. The quantitative estimate of drug-likeness (QED) is 0.740. The van der Waals surface area contributed by atoms with Gasteiger partial charge in [0.25, 0.3) is 0 Å². The van der Waals surface area contributed by atoms with Gasteiger partial charge < -0.3 is 5.11 Å². The molecule has 0 unspecified atom stereocenters. The number of nitrogens with zero attached hydrogens (tertiary/aromatic N) is 1. The van der Waals surface area contributed by atoms with Gasteiger partial charge in [-0.05, 0) is 17.5 Å². The van der Waals surface area contributed by atoms with Crippen LogP contribution in [0.4, 0.5) is 0 Å². The molecule has 1 aromatic rings. The predicted molar refractivity (Wildman–Crippen MR) is 75.2 cm³/mol. The van der Waals surface area contributed by atoms with Gasteiger partial charge in [0.2, 0.25) is 0 Å². The molecular formula is C16H25NO.